The Morgan fingerprint density at radius 1 is 1.04 bits per heavy atom. The molecular formula is C22H30N2OS. The number of ether oxygens (including phenoxy) is 1. The normalized spacial score (nSPS) is 21.1. The topological polar surface area (TPSA) is 15.7 Å². The van der Waals surface area contributed by atoms with Gasteiger partial charge in [0.05, 0.1) is 6.10 Å². The predicted octanol–water partition coefficient (Wildman–Crippen LogP) is 4.83. The number of likely N-dealkylation sites (tertiary alicyclic amines) is 1. The van der Waals surface area contributed by atoms with Crippen molar-refractivity contribution < 1.29 is 4.74 Å². The maximum Gasteiger partial charge on any atom is 0.0917 e. The molecule has 2 saturated heterocycles. The Morgan fingerprint density at radius 2 is 1.85 bits per heavy atom. The average molecular weight is 371 g/mol. The minimum atomic E-state index is 0.347. The van der Waals surface area contributed by atoms with Gasteiger partial charge in [-0.2, -0.15) is 0 Å². The first kappa shape index (κ1) is 18.2. The van der Waals surface area contributed by atoms with Crippen LogP contribution in [-0.2, 0) is 24.4 Å². The lowest BCUT2D eigenvalue weighted by atomic mass is 10.1. The van der Waals surface area contributed by atoms with Gasteiger partial charge in [-0.25, -0.2) is 0 Å². The average Bonchev–Trinajstić information content (AvgIpc) is 3.38. The van der Waals surface area contributed by atoms with E-state index in [1.165, 1.54) is 59.7 Å². The Morgan fingerprint density at radius 3 is 2.62 bits per heavy atom. The molecule has 4 heteroatoms. The third-order valence-electron chi connectivity index (χ3n) is 5.51. The molecule has 2 fully saturated rings. The lowest BCUT2D eigenvalue weighted by Crippen LogP contribution is -2.22. The first-order valence-corrected chi connectivity index (χ1v) is 10.8. The molecule has 2 aliphatic rings. The van der Waals surface area contributed by atoms with Crippen LogP contribution in [0.15, 0.2) is 36.4 Å². The van der Waals surface area contributed by atoms with E-state index >= 15 is 0 Å². The quantitative estimate of drug-likeness (QED) is 0.694. The first-order valence-electron chi connectivity index (χ1n) is 9.96. The highest BCUT2D eigenvalue weighted by Gasteiger charge is 2.20. The molecule has 0 amide bonds. The highest BCUT2D eigenvalue weighted by Crippen LogP contribution is 2.33. The van der Waals surface area contributed by atoms with Crippen LogP contribution >= 0.6 is 11.3 Å². The van der Waals surface area contributed by atoms with E-state index in [4.69, 9.17) is 4.74 Å². The number of rotatable bonds is 7. The van der Waals surface area contributed by atoms with Crippen molar-refractivity contribution >= 4 is 11.3 Å². The van der Waals surface area contributed by atoms with Crippen molar-refractivity contribution in [2.45, 2.75) is 51.4 Å². The van der Waals surface area contributed by atoms with Crippen LogP contribution < -0.4 is 0 Å². The number of nitrogens with zero attached hydrogens (tertiary/aromatic N) is 2. The van der Waals surface area contributed by atoms with Crippen molar-refractivity contribution in [2.75, 3.05) is 26.7 Å². The van der Waals surface area contributed by atoms with E-state index in [1.54, 1.807) is 0 Å². The summed E-state index contributed by atoms with van der Waals surface area (Å²) < 4.78 is 5.82. The minimum absolute atomic E-state index is 0.347. The van der Waals surface area contributed by atoms with Crippen LogP contribution in [0, 0.1) is 0 Å². The highest BCUT2D eigenvalue weighted by atomic mass is 32.1. The SMILES string of the molecule is CN(Cc1ccc([C@@H]2CCCO2)s1)Cc1ccccc1CN1CCCC1. The molecule has 0 spiro atoms. The zero-order valence-corrected chi connectivity index (χ0v) is 16.6. The Labute approximate surface area is 161 Å². The number of hydrogen-bond donors (Lipinski definition) is 0. The lowest BCUT2D eigenvalue weighted by molar-refractivity contribution is 0.114. The minimum Gasteiger partial charge on any atom is -0.373 e. The van der Waals surface area contributed by atoms with Crippen LogP contribution in [-0.4, -0.2) is 36.5 Å². The molecule has 1 atom stereocenters. The molecule has 1 aromatic carbocycles. The van der Waals surface area contributed by atoms with Gasteiger partial charge in [0.1, 0.15) is 0 Å². The third kappa shape index (κ3) is 4.55. The van der Waals surface area contributed by atoms with Gasteiger partial charge in [0.25, 0.3) is 0 Å². The molecule has 1 aromatic heterocycles. The van der Waals surface area contributed by atoms with E-state index in [9.17, 15) is 0 Å². The van der Waals surface area contributed by atoms with Gasteiger partial charge in [-0.1, -0.05) is 24.3 Å². The molecule has 3 heterocycles. The van der Waals surface area contributed by atoms with Crippen LogP contribution in [0.4, 0.5) is 0 Å². The van der Waals surface area contributed by atoms with Crippen molar-refractivity contribution in [2.24, 2.45) is 0 Å². The first-order chi connectivity index (χ1) is 12.8. The summed E-state index contributed by atoms with van der Waals surface area (Å²) in [5, 5.41) is 0. The second kappa shape index (κ2) is 8.66. The van der Waals surface area contributed by atoms with Crippen LogP contribution in [0.2, 0.25) is 0 Å². The molecule has 0 radical (unpaired) electrons. The molecule has 0 saturated carbocycles. The second-order valence-electron chi connectivity index (χ2n) is 7.73. The molecule has 0 N–H and O–H groups in total. The molecule has 0 aliphatic carbocycles. The summed E-state index contributed by atoms with van der Waals surface area (Å²) in [5.41, 5.74) is 2.96. The Kier molecular flexibility index (Phi) is 6.05. The summed E-state index contributed by atoms with van der Waals surface area (Å²) >= 11 is 1.92. The van der Waals surface area contributed by atoms with Crippen molar-refractivity contribution in [1.29, 1.82) is 0 Å². The van der Waals surface area contributed by atoms with E-state index in [0.29, 0.717) is 6.10 Å². The molecular weight excluding hydrogens is 340 g/mol. The van der Waals surface area contributed by atoms with Gasteiger partial charge in [-0.15, -0.1) is 11.3 Å². The molecule has 0 unspecified atom stereocenters. The largest absolute Gasteiger partial charge is 0.373 e. The summed E-state index contributed by atoms with van der Waals surface area (Å²) in [5.74, 6) is 0. The summed E-state index contributed by atoms with van der Waals surface area (Å²) in [4.78, 5) is 7.87. The van der Waals surface area contributed by atoms with Crippen molar-refractivity contribution in [3.63, 3.8) is 0 Å². The van der Waals surface area contributed by atoms with Gasteiger partial charge in [0, 0.05) is 36.0 Å². The number of benzene rings is 1. The van der Waals surface area contributed by atoms with E-state index in [1.807, 2.05) is 11.3 Å². The van der Waals surface area contributed by atoms with Gasteiger partial charge in [-0.05, 0) is 69.1 Å². The summed E-state index contributed by atoms with van der Waals surface area (Å²) in [6, 6.07) is 13.5. The smallest absolute Gasteiger partial charge is 0.0917 e. The molecule has 26 heavy (non-hydrogen) atoms. The van der Waals surface area contributed by atoms with Crippen LogP contribution in [0.25, 0.3) is 0 Å². The maximum atomic E-state index is 5.82. The van der Waals surface area contributed by atoms with E-state index in [-0.39, 0.29) is 0 Å². The highest BCUT2D eigenvalue weighted by molar-refractivity contribution is 7.12. The van der Waals surface area contributed by atoms with Crippen LogP contribution in [0.5, 0.6) is 0 Å². The lowest BCUT2D eigenvalue weighted by Gasteiger charge is -2.21. The Bertz CT molecular complexity index is 702. The summed E-state index contributed by atoms with van der Waals surface area (Å²) in [6.45, 7) is 6.56. The molecule has 140 valence electrons. The van der Waals surface area contributed by atoms with E-state index in [2.05, 4.69) is 53.2 Å². The standard InChI is InChI=1S/C22H30N2OS/c1-23(17-20-10-11-22(26-20)21-9-6-14-25-21)15-18-7-2-3-8-19(18)16-24-12-4-5-13-24/h2-3,7-8,10-11,21H,4-6,9,12-17H2,1H3/t21-/m0/s1. The molecule has 2 aliphatic heterocycles. The van der Waals surface area contributed by atoms with Gasteiger partial charge in [0.15, 0.2) is 0 Å². The van der Waals surface area contributed by atoms with Crippen LogP contribution in [0.3, 0.4) is 0 Å². The summed E-state index contributed by atoms with van der Waals surface area (Å²) in [6.07, 6.45) is 5.44. The van der Waals surface area contributed by atoms with Gasteiger partial charge in [-0.3, -0.25) is 9.80 Å². The third-order valence-corrected chi connectivity index (χ3v) is 6.67. The molecule has 3 nitrogen and oxygen atoms in total. The van der Waals surface area contributed by atoms with Crippen molar-refractivity contribution in [3.8, 4) is 0 Å². The number of hydrogen-bond acceptors (Lipinski definition) is 4. The monoisotopic (exact) mass is 370 g/mol. The van der Waals surface area contributed by atoms with E-state index in [0.717, 1.165) is 26.2 Å². The number of thiophene rings is 1. The molecule has 2 aromatic rings. The second-order valence-corrected chi connectivity index (χ2v) is 8.93. The Balaban J connectivity index is 1.36. The van der Waals surface area contributed by atoms with Gasteiger partial charge in [0.2, 0.25) is 0 Å². The Hall–Kier alpha value is -1.20. The van der Waals surface area contributed by atoms with Crippen LogP contribution in [0.1, 0.15) is 52.7 Å². The van der Waals surface area contributed by atoms with Crippen molar-refractivity contribution in [1.82, 2.24) is 9.80 Å². The predicted molar refractivity (Wildman–Crippen MR) is 108 cm³/mol. The van der Waals surface area contributed by atoms with E-state index < -0.39 is 0 Å². The zero-order valence-electron chi connectivity index (χ0n) is 15.8. The maximum absolute atomic E-state index is 5.82. The van der Waals surface area contributed by atoms with Gasteiger partial charge >= 0.3 is 0 Å². The summed E-state index contributed by atoms with van der Waals surface area (Å²) in [7, 11) is 2.23. The fraction of sp³-hybridized carbons (Fsp3) is 0.545. The fourth-order valence-corrected chi connectivity index (χ4v) is 5.29. The molecule has 4 rings (SSSR count). The molecule has 0 bridgehead atoms. The van der Waals surface area contributed by atoms with Gasteiger partial charge < -0.3 is 4.74 Å². The zero-order chi connectivity index (χ0) is 17.8. The van der Waals surface area contributed by atoms with Crippen molar-refractivity contribution in [3.05, 3.63) is 57.3 Å². The fourth-order valence-electron chi connectivity index (χ4n) is 4.11.